The van der Waals surface area contributed by atoms with E-state index in [1.54, 1.807) is 37.4 Å². The first-order chi connectivity index (χ1) is 10.1. The quantitative estimate of drug-likeness (QED) is 0.598. The Labute approximate surface area is 131 Å². The highest BCUT2D eigenvalue weighted by Gasteiger charge is 2.15. The van der Waals surface area contributed by atoms with Crippen LogP contribution in [-0.2, 0) is 4.79 Å². The van der Waals surface area contributed by atoms with E-state index in [-0.39, 0.29) is 11.2 Å². The van der Waals surface area contributed by atoms with Crippen LogP contribution in [0.3, 0.4) is 0 Å². The van der Waals surface area contributed by atoms with Gasteiger partial charge >= 0.3 is 0 Å². The molecule has 110 valence electrons. The summed E-state index contributed by atoms with van der Waals surface area (Å²) < 4.78 is 0. The van der Waals surface area contributed by atoms with E-state index in [9.17, 15) is 9.59 Å². The number of hydrogen-bond acceptors (Lipinski definition) is 3. The molecular weight excluding hydrogens is 310 g/mol. The molecule has 0 fully saturated rings. The lowest BCUT2D eigenvalue weighted by atomic mass is 10.4. The zero-order valence-corrected chi connectivity index (χ0v) is 12.8. The molecule has 1 atom stereocenters. The van der Waals surface area contributed by atoms with Gasteiger partial charge in [-0.3, -0.25) is 20.4 Å². The average molecular weight is 324 g/mol. The van der Waals surface area contributed by atoms with Gasteiger partial charge < -0.3 is 4.98 Å². The van der Waals surface area contributed by atoms with Gasteiger partial charge in [0, 0.05) is 16.1 Å². The third kappa shape index (κ3) is 4.54. The highest BCUT2D eigenvalue weighted by atomic mass is 35.5. The molecule has 0 aliphatic rings. The molecule has 2 rings (SSSR count). The molecule has 2 aromatic rings. The summed E-state index contributed by atoms with van der Waals surface area (Å²) in [5.74, 6) is -0.674. The number of hydrazine groups is 1. The second-order valence-corrected chi connectivity index (χ2v) is 6.09. The van der Waals surface area contributed by atoms with Crippen LogP contribution in [0.2, 0.25) is 5.02 Å². The summed E-state index contributed by atoms with van der Waals surface area (Å²) in [4.78, 5) is 27.2. The van der Waals surface area contributed by atoms with Gasteiger partial charge in [0.25, 0.3) is 11.8 Å². The van der Waals surface area contributed by atoms with Gasteiger partial charge in [-0.05, 0) is 43.3 Å². The van der Waals surface area contributed by atoms with Crippen LogP contribution >= 0.6 is 23.4 Å². The van der Waals surface area contributed by atoms with Crippen LogP contribution in [-0.4, -0.2) is 22.0 Å². The van der Waals surface area contributed by atoms with Crippen molar-refractivity contribution in [1.82, 2.24) is 15.8 Å². The second-order valence-electron chi connectivity index (χ2n) is 4.24. The minimum atomic E-state index is -0.392. The Balaban J connectivity index is 1.82. The molecule has 21 heavy (non-hydrogen) atoms. The molecule has 0 radical (unpaired) electrons. The second kappa shape index (κ2) is 7.19. The molecule has 1 heterocycles. The number of benzene rings is 1. The van der Waals surface area contributed by atoms with Crippen molar-refractivity contribution in [2.45, 2.75) is 17.1 Å². The maximum atomic E-state index is 11.9. The van der Waals surface area contributed by atoms with Crippen molar-refractivity contribution >= 4 is 35.2 Å². The number of aromatic nitrogens is 1. The monoisotopic (exact) mass is 323 g/mol. The van der Waals surface area contributed by atoms with Crippen molar-refractivity contribution in [3.05, 3.63) is 53.3 Å². The summed E-state index contributed by atoms with van der Waals surface area (Å²) in [7, 11) is 0. The number of carbonyl (C=O) groups is 2. The SMILES string of the molecule is CC(Sc1ccc(Cl)cc1)C(=O)NNC(=O)c1ccc[nH]1. The minimum absolute atomic E-state index is 0.283. The van der Waals surface area contributed by atoms with E-state index in [4.69, 9.17) is 11.6 Å². The molecule has 2 amide bonds. The van der Waals surface area contributed by atoms with Crippen LogP contribution in [0.1, 0.15) is 17.4 Å². The number of amides is 2. The molecule has 0 bridgehead atoms. The minimum Gasteiger partial charge on any atom is -0.357 e. The number of rotatable bonds is 4. The molecule has 1 unspecified atom stereocenters. The number of thioether (sulfide) groups is 1. The van der Waals surface area contributed by atoms with Gasteiger partial charge in [0.2, 0.25) is 0 Å². The van der Waals surface area contributed by atoms with E-state index in [0.29, 0.717) is 10.7 Å². The van der Waals surface area contributed by atoms with Gasteiger partial charge in [-0.15, -0.1) is 11.8 Å². The predicted octanol–water partition coefficient (Wildman–Crippen LogP) is 2.61. The lowest BCUT2D eigenvalue weighted by Crippen LogP contribution is -2.45. The molecule has 0 saturated carbocycles. The van der Waals surface area contributed by atoms with Crippen LogP contribution in [0, 0.1) is 0 Å². The van der Waals surface area contributed by atoms with E-state index in [1.165, 1.54) is 11.8 Å². The molecular formula is C14H14ClN3O2S. The van der Waals surface area contributed by atoms with E-state index < -0.39 is 5.91 Å². The first kappa shape index (κ1) is 15.5. The number of H-pyrrole nitrogens is 1. The first-order valence-corrected chi connectivity index (χ1v) is 7.48. The fraction of sp³-hybridized carbons (Fsp3) is 0.143. The number of nitrogens with one attached hydrogen (secondary N) is 3. The zero-order valence-electron chi connectivity index (χ0n) is 11.2. The van der Waals surface area contributed by atoms with Crippen molar-refractivity contribution in [3.63, 3.8) is 0 Å². The Morgan fingerprint density at radius 3 is 2.52 bits per heavy atom. The Kier molecular flexibility index (Phi) is 5.30. The zero-order chi connectivity index (χ0) is 15.2. The lowest BCUT2D eigenvalue weighted by molar-refractivity contribution is -0.121. The summed E-state index contributed by atoms with van der Waals surface area (Å²) >= 11 is 7.18. The Bertz CT molecular complexity index is 614. The lowest BCUT2D eigenvalue weighted by Gasteiger charge is -2.12. The Morgan fingerprint density at radius 2 is 1.90 bits per heavy atom. The molecule has 5 nitrogen and oxygen atoms in total. The highest BCUT2D eigenvalue weighted by molar-refractivity contribution is 8.00. The smallest absolute Gasteiger partial charge is 0.286 e. The van der Waals surface area contributed by atoms with Gasteiger partial charge in [-0.1, -0.05) is 11.6 Å². The number of halogens is 1. The molecule has 0 aliphatic heterocycles. The largest absolute Gasteiger partial charge is 0.357 e. The van der Waals surface area contributed by atoms with Crippen molar-refractivity contribution in [1.29, 1.82) is 0 Å². The van der Waals surface area contributed by atoms with Crippen LogP contribution < -0.4 is 10.9 Å². The third-order valence-electron chi connectivity index (χ3n) is 2.64. The van der Waals surface area contributed by atoms with Gasteiger partial charge in [0.1, 0.15) is 5.69 Å². The van der Waals surface area contributed by atoms with Gasteiger partial charge in [-0.2, -0.15) is 0 Å². The topological polar surface area (TPSA) is 74.0 Å². The van der Waals surface area contributed by atoms with Crippen LogP contribution in [0.15, 0.2) is 47.5 Å². The van der Waals surface area contributed by atoms with Gasteiger partial charge in [0.05, 0.1) is 5.25 Å². The van der Waals surface area contributed by atoms with Crippen LogP contribution in [0.4, 0.5) is 0 Å². The van der Waals surface area contributed by atoms with Crippen molar-refractivity contribution in [3.8, 4) is 0 Å². The van der Waals surface area contributed by atoms with Crippen molar-refractivity contribution in [2.24, 2.45) is 0 Å². The molecule has 1 aromatic carbocycles. The number of hydrogen-bond donors (Lipinski definition) is 3. The maximum Gasteiger partial charge on any atom is 0.286 e. The average Bonchev–Trinajstić information content (AvgIpc) is 3.01. The number of carbonyl (C=O) groups excluding carboxylic acids is 2. The summed E-state index contributed by atoms with van der Waals surface area (Å²) in [5, 5.41) is 0.296. The van der Waals surface area contributed by atoms with E-state index in [1.807, 2.05) is 12.1 Å². The number of aromatic amines is 1. The van der Waals surface area contributed by atoms with Crippen LogP contribution in [0.5, 0.6) is 0 Å². The Hall–Kier alpha value is -1.92. The molecule has 1 aromatic heterocycles. The van der Waals surface area contributed by atoms with Crippen LogP contribution in [0.25, 0.3) is 0 Å². The standard InChI is InChI=1S/C14H14ClN3O2S/c1-9(21-11-6-4-10(15)5-7-11)13(19)17-18-14(20)12-3-2-8-16-12/h2-9,16H,1H3,(H,17,19)(H,18,20). The van der Waals surface area contributed by atoms with Gasteiger partial charge in [0.15, 0.2) is 0 Å². The van der Waals surface area contributed by atoms with E-state index >= 15 is 0 Å². The van der Waals surface area contributed by atoms with Crippen molar-refractivity contribution in [2.75, 3.05) is 0 Å². The fourth-order valence-electron chi connectivity index (χ4n) is 1.53. The summed E-state index contributed by atoms with van der Waals surface area (Å²) in [6.07, 6.45) is 1.63. The predicted molar refractivity (Wildman–Crippen MR) is 83.2 cm³/mol. The fourth-order valence-corrected chi connectivity index (χ4v) is 2.52. The summed E-state index contributed by atoms with van der Waals surface area (Å²) in [6.45, 7) is 1.76. The molecule has 7 heteroatoms. The third-order valence-corrected chi connectivity index (χ3v) is 4.00. The highest BCUT2D eigenvalue weighted by Crippen LogP contribution is 2.24. The molecule has 0 saturated heterocycles. The van der Waals surface area contributed by atoms with Crippen molar-refractivity contribution < 1.29 is 9.59 Å². The van der Waals surface area contributed by atoms with E-state index in [0.717, 1.165) is 4.90 Å². The Morgan fingerprint density at radius 1 is 1.19 bits per heavy atom. The molecule has 0 aliphatic carbocycles. The normalized spacial score (nSPS) is 11.7. The van der Waals surface area contributed by atoms with E-state index in [2.05, 4.69) is 15.8 Å². The molecule has 0 spiro atoms. The van der Waals surface area contributed by atoms with Gasteiger partial charge in [-0.25, -0.2) is 0 Å². The maximum absolute atomic E-state index is 11.9. The first-order valence-electron chi connectivity index (χ1n) is 6.22. The summed E-state index contributed by atoms with van der Waals surface area (Å²) in [6, 6.07) is 10.5. The molecule has 3 N–H and O–H groups in total. The summed E-state index contributed by atoms with van der Waals surface area (Å²) in [5.41, 5.74) is 5.14.